The van der Waals surface area contributed by atoms with Gasteiger partial charge in [0.2, 0.25) is 11.7 Å². The highest BCUT2D eigenvalue weighted by Gasteiger charge is 2.29. The van der Waals surface area contributed by atoms with Crippen LogP contribution in [-0.2, 0) is 0 Å². The maximum Gasteiger partial charge on any atom is 0.230 e. The third kappa shape index (κ3) is 1.76. The Morgan fingerprint density at radius 1 is 1.47 bits per heavy atom. The van der Waals surface area contributed by atoms with Crippen LogP contribution in [-0.4, -0.2) is 23.2 Å². The first-order chi connectivity index (χ1) is 8.25. The van der Waals surface area contributed by atoms with Crippen LogP contribution in [0.5, 0.6) is 0 Å². The molecule has 1 atom stereocenters. The topological polar surface area (TPSA) is 64.1 Å². The average molecular weight is 233 g/mol. The van der Waals surface area contributed by atoms with E-state index in [4.69, 9.17) is 8.94 Å². The molecule has 5 nitrogen and oxygen atoms in total. The summed E-state index contributed by atoms with van der Waals surface area (Å²) < 4.78 is 10.6. The van der Waals surface area contributed by atoms with Gasteiger partial charge >= 0.3 is 0 Å². The summed E-state index contributed by atoms with van der Waals surface area (Å²) in [5.74, 6) is 3.06. The van der Waals surface area contributed by atoms with E-state index in [2.05, 4.69) is 22.4 Å². The Morgan fingerprint density at radius 3 is 2.88 bits per heavy atom. The zero-order valence-electron chi connectivity index (χ0n) is 9.93. The highest BCUT2D eigenvalue weighted by atomic mass is 16.5. The molecule has 17 heavy (non-hydrogen) atoms. The molecule has 0 radical (unpaired) electrons. The molecule has 0 aliphatic carbocycles. The molecular formula is C12H15N3O2. The SMILES string of the molecule is Cc1occc1-c1noc(C(C)C2CNC2)n1. The minimum absolute atomic E-state index is 0.310. The second-order valence-electron chi connectivity index (χ2n) is 4.55. The van der Waals surface area contributed by atoms with Crippen molar-refractivity contribution >= 4 is 0 Å². The third-order valence-electron chi connectivity index (χ3n) is 3.45. The van der Waals surface area contributed by atoms with E-state index in [1.165, 1.54) is 0 Å². The number of rotatable bonds is 3. The van der Waals surface area contributed by atoms with Crippen molar-refractivity contribution in [3.05, 3.63) is 24.0 Å². The molecule has 0 saturated carbocycles. The minimum atomic E-state index is 0.310. The molecule has 1 unspecified atom stereocenters. The smallest absolute Gasteiger partial charge is 0.230 e. The van der Waals surface area contributed by atoms with E-state index in [1.54, 1.807) is 6.26 Å². The van der Waals surface area contributed by atoms with E-state index in [0.717, 1.165) is 24.4 Å². The summed E-state index contributed by atoms with van der Waals surface area (Å²) in [6.07, 6.45) is 1.64. The van der Waals surface area contributed by atoms with Crippen molar-refractivity contribution in [1.82, 2.24) is 15.5 Å². The van der Waals surface area contributed by atoms with Gasteiger partial charge in [0.15, 0.2) is 0 Å². The van der Waals surface area contributed by atoms with Crippen LogP contribution in [0, 0.1) is 12.8 Å². The van der Waals surface area contributed by atoms with E-state index in [9.17, 15) is 0 Å². The zero-order valence-corrected chi connectivity index (χ0v) is 9.93. The first-order valence-electron chi connectivity index (χ1n) is 5.84. The van der Waals surface area contributed by atoms with Crippen molar-refractivity contribution < 1.29 is 8.94 Å². The van der Waals surface area contributed by atoms with Crippen LogP contribution in [0.15, 0.2) is 21.3 Å². The van der Waals surface area contributed by atoms with Crippen LogP contribution < -0.4 is 5.32 Å². The molecule has 1 saturated heterocycles. The van der Waals surface area contributed by atoms with Crippen LogP contribution in [0.4, 0.5) is 0 Å². The van der Waals surface area contributed by atoms with Crippen LogP contribution in [0.3, 0.4) is 0 Å². The van der Waals surface area contributed by atoms with Gasteiger partial charge in [0.1, 0.15) is 5.76 Å². The molecule has 3 rings (SSSR count). The molecule has 2 aromatic heterocycles. The van der Waals surface area contributed by atoms with Gasteiger partial charge in [-0.15, -0.1) is 0 Å². The van der Waals surface area contributed by atoms with Crippen molar-refractivity contribution in [2.75, 3.05) is 13.1 Å². The zero-order chi connectivity index (χ0) is 11.8. The van der Waals surface area contributed by atoms with Gasteiger partial charge in [-0.05, 0) is 32.0 Å². The first kappa shape index (κ1) is 10.5. The van der Waals surface area contributed by atoms with Gasteiger partial charge < -0.3 is 14.3 Å². The van der Waals surface area contributed by atoms with E-state index in [-0.39, 0.29) is 0 Å². The molecule has 90 valence electrons. The molecule has 0 bridgehead atoms. The van der Waals surface area contributed by atoms with Crippen LogP contribution in [0.1, 0.15) is 24.5 Å². The fourth-order valence-electron chi connectivity index (χ4n) is 2.01. The Bertz CT molecular complexity index is 513. The molecule has 3 heterocycles. The fraction of sp³-hybridized carbons (Fsp3) is 0.500. The molecule has 0 spiro atoms. The number of hydrogen-bond acceptors (Lipinski definition) is 5. The number of aryl methyl sites for hydroxylation is 1. The number of aromatic nitrogens is 2. The molecule has 0 amide bonds. The monoisotopic (exact) mass is 233 g/mol. The summed E-state index contributed by atoms with van der Waals surface area (Å²) in [4.78, 5) is 4.45. The van der Waals surface area contributed by atoms with Crippen molar-refractivity contribution in [2.45, 2.75) is 19.8 Å². The second kappa shape index (κ2) is 4.00. The maximum absolute atomic E-state index is 5.33. The van der Waals surface area contributed by atoms with Crippen molar-refractivity contribution in [1.29, 1.82) is 0 Å². The van der Waals surface area contributed by atoms with Crippen molar-refractivity contribution in [3.8, 4) is 11.4 Å². The third-order valence-corrected chi connectivity index (χ3v) is 3.45. The molecule has 1 fully saturated rings. The van der Waals surface area contributed by atoms with E-state index in [0.29, 0.717) is 23.6 Å². The summed E-state index contributed by atoms with van der Waals surface area (Å²) in [7, 11) is 0. The molecule has 1 aliphatic heterocycles. The first-order valence-corrected chi connectivity index (χ1v) is 5.84. The Labute approximate surface area is 99.2 Å². The van der Waals surface area contributed by atoms with Crippen molar-refractivity contribution in [3.63, 3.8) is 0 Å². The number of furan rings is 1. The molecule has 5 heteroatoms. The van der Waals surface area contributed by atoms with Gasteiger partial charge in [-0.25, -0.2) is 0 Å². The van der Waals surface area contributed by atoms with Gasteiger partial charge in [-0.3, -0.25) is 0 Å². The quantitative estimate of drug-likeness (QED) is 0.878. The summed E-state index contributed by atoms with van der Waals surface area (Å²) in [5, 5.41) is 7.27. The molecule has 1 N–H and O–H groups in total. The van der Waals surface area contributed by atoms with Gasteiger partial charge in [0.05, 0.1) is 11.8 Å². The standard InChI is InChI=1S/C12H15N3O2/c1-7(9-5-13-6-9)12-14-11(15-17-12)10-3-4-16-8(10)2/h3-4,7,9,13H,5-6H2,1-2H3. The average Bonchev–Trinajstić information content (AvgIpc) is 2.82. The lowest BCUT2D eigenvalue weighted by Gasteiger charge is -2.30. The second-order valence-corrected chi connectivity index (χ2v) is 4.55. The number of nitrogens with zero attached hydrogens (tertiary/aromatic N) is 2. The van der Waals surface area contributed by atoms with E-state index >= 15 is 0 Å². The molecule has 0 aromatic carbocycles. The number of hydrogen-bond donors (Lipinski definition) is 1. The highest BCUT2D eigenvalue weighted by Crippen LogP contribution is 2.28. The maximum atomic E-state index is 5.33. The van der Waals surface area contributed by atoms with Gasteiger partial charge in [0.25, 0.3) is 0 Å². The lowest BCUT2D eigenvalue weighted by Crippen LogP contribution is -2.44. The van der Waals surface area contributed by atoms with Gasteiger partial charge in [-0.1, -0.05) is 12.1 Å². The van der Waals surface area contributed by atoms with E-state index < -0.39 is 0 Å². The summed E-state index contributed by atoms with van der Waals surface area (Å²) in [5.41, 5.74) is 0.902. The predicted molar refractivity (Wildman–Crippen MR) is 61.5 cm³/mol. The Hall–Kier alpha value is -1.62. The van der Waals surface area contributed by atoms with Crippen LogP contribution in [0.25, 0.3) is 11.4 Å². The van der Waals surface area contributed by atoms with Crippen molar-refractivity contribution in [2.24, 2.45) is 5.92 Å². The highest BCUT2D eigenvalue weighted by molar-refractivity contribution is 5.56. The predicted octanol–water partition coefficient (Wildman–Crippen LogP) is 1.96. The molecular weight excluding hydrogens is 218 g/mol. The van der Waals surface area contributed by atoms with Gasteiger partial charge in [0, 0.05) is 5.92 Å². The lowest BCUT2D eigenvalue weighted by molar-refractivity contribution is 0.252. The lowest BCUT2D eigenvalue weighted by atomic mass is 9.89. The minimum Gasteiger partial charge on any atom is -0.469 e. The summed E-state index contributed by atoms with van der Waals surface area (Å²) in [6.45, 7) is 6.09. The Balaban J connectivity index is 1.85. The molecule has 2 aromatic rings. The number of nitrogens with one attached hydrogen (secondary N) is 1. The fourth-order valence-corrected chi connectivity index (χ4v) is 2.01. The normalized spacial score (nSPS) is 18.0. The van der Waals surface area contributed by atoms with Crippen LogP contribution in [0.2, 0.25) is 0 Å². The van der Waals surface area contributed by atoms with E-state index in [1.807, 2.05) is 13.0 Å². The van der Waals surface area contributed by atoms with Gasteiger partial charge in [-0.2, -0.15) is 4.98 Å². The van der Waals surface area contributed by atoms with Crippen LogP contribution >= 0.6 is 0 Å². The summed E-state index contributed by atoms with van der Waals surface area (Å²) in [6, 6.07) is 1.86. The largest absolute Gasteiger partial charge is 0.469 e. The summed E-state index contributed by atoms with van der Waals surface area (Å²) >= 11 is 0. The molecule has 1 aliphatic rings. The Morgan fingerprint density at radius 2 is 2.29 bits per heavy atom. The Kier molecular flexibility index (Phi) is 2.48.